The summed E-state index contributed by atoms with van der Waals surface area (Å²) in [5.41, 5.74) is 2.75. The zero-order valence-electron chi connectivity index (χ0n) is 15.0. The molecule has 2 heterocycles. The SMILES string of the molecule is CCCNC(=O)c1ccc(-c2nc3cccnc3n(CCC)c2=O)cc1. The Bertz CT molecular complexity index is 977. The minimum Gasteiger partial charge on any atom is -0.352 e. The molecule has 0 fully saturated rings. The van der Waals surface area contributed by atoms with Crippen molar-refractivity contribution in [1.29, 1.82) is 0 Å². The molecule has 0 aliphatic carbocycles. The van der Waals surface area contributed by atoms with Crippen LogP contribution in [-0.4, -0.2) is 27.0 Å². The van der Waals surface area contributed by atoms with Crippen molar-refractivity contribution in [3.05, 3.63) is 58.5 Å². The number of carbonyl (C=O) groups is 1. The molecule has 3 aromatic rings. The van der Waals surface area contributed by atoms with Crippen LogP contribution in [0, 0.1) is 0 Å². The highest BCUT2D eigenvalue weighted by Crippen LogP contribution is 2.17. The fraction of sp³-hybridized carbons (Fsp3) is 0.300. The molecule has 3 rings (SSSR count). The van der Waals surface area contributed by atoms with E-state index in [2.05, 4.69) is 15.3 Å². The minimum absolute atomic E-state index is 0.113. The Balaban J connectivity index is 2.04. The molecule has 134 valence electrons. The fourth-order valence-corrected chi connectivity index (χ4v) is 2.82. The van der Waals surface area contributed by atoms with Gasteiger partial charge < -0.3 is 5.32 Å². The molecule has 0 saturated carbocycles. The van der Waals surface area contributed by atoms with Gasteiger partial charge in [-0.1, -0.05) is 26.0 Å². The molecule has 6 nitrogen and oxygen atoms in total. The normalized spacial score (nSPS) is 10.8. The first-order chi connectivity index (χ1) is 12.7. The third-order valence-electron chi connectivity index (χ3n) is 4.11. The number of aromatic nitrogens is 3. The highest BCUT2D eigenvalue weighted by molar-refractivity contribution is 5.94. The molecule has 0 spiro atoms. The summed E-state index contributed by atoms with van der Waals surface area (Å²) in [6, 6.07) is 10.6. The van der Waals surface area contributed by atoms with E-state index in [1.807, 2.05) is 19.9 Å². The van der Waals surface area contributed by atoms with E-state index >= 15 is 0 Å². The first kappa shape index (κ1) is 17.8. The number of rotatable bonds is 6. The van der Waals surface area contributed by atoms with Crippen LogP contribution in [0.1, 0.15) is 37.0 Å². The van der Waals surface area contributed by atoms with Crippen molar-refractivity contribution in [3.8, 4) is 11.3 Å². The van der Waals surface area contributed by atoms with E-state index in [0.717, 1.165) is 12.8 Å². The van der Waals surface area contributed by atoms with Gasteiger partial charge in [0.25, 0.3) is 11.5 Å². The summed E-state index contributed by atoms with van der Waals surface area (Å²) in [7, 11) is 0. The number of hydrogen-bond acceptors (Lipinski definition) is 4. The molecular formula is C20H22N4O2. The van der Waals surface area contributed by atoms with Crippen LogP contribution >= 0.6 is 0 Å². The van der Waals surface area contributed by atoms with Crippen molar-refractivity contribution in [2.45, 2.75) is 33.2 Å². The zero-order valence-corrected chi connectivity index (χ0v) is 15.0. The number of amides is 1. The Morgan fingerprint density at radius 1 is 1.12 bits per heavy atom. The molecule has 6 heteroatoms. The van der Waals surface area contributed by atoms with E-state index in [9.17, 15) is 9.59 Å². The van der Waals surface area contributed by atoms with Crippen molar-refractivity contribution in [1.82, 2.24) is 19.9 Å². The third-order valence-corrected chi connectivity index (χ3v) is 4.11. The number of aryl methyl sites for hydroxylation is 1. The molecule has 0 saturated heterocycles. The predicted octanol–water partition coefficient (Wildman–Crippen LogP) is 3.01. The molecule has 1 amide bonds. The highest BCUT2D eigenvalue weighted by atomic mass is 16.1. The molecule has 0 aliphatic heterocycles. The molecule has 0 aliphatic rings. The number of carbonyl (C=O) groups excluding carboxylic acids is 1. The second-order valence-corrected chi connectivity index (χ2v) is 6.10. The lowest BCUT2D eigenvalue weighted by Gasteiger charge is -2.11. The summed E-state index contributed by atoms with van der Waals surface area (Å²) >= 11 is 0. The van der Waals surface area contributed by atoms with E-state index < -0.39 is 0 Å². The van der Waals surface area contributed by atoms with Gasteiger partial charge in [-0.3, -0.25) is 14.2 Å². The van der Waals surface area contributed by atoms with E-state index in [0.29, 0.717) is 41.1 Å². The summed E-state index contributed by atoms with van der Waals surface area (Å²) in [4.78, 5) is 33.8. The average molecular weight is 350 g/mol. The Morgan fingerprint density at radius 2 is 1.88 bits per heavy atom. The van der Waals surface area contributed by atoms with Gasteiger partial charge in [0.2, 0.25) is 0 Å². The van der Waals surface area contributed by atoms with E-state index in [4.69, 9.17) is 0 Å². The summed E-state index contributed by atoms with van der Waals surface area (Å²) in [5.74, 6) is -0.113. The van der Waals surface area contributed by atoms with Crippen LogP contribution in [-0.2, 0) is 6.54 Å². The second kappa shape index (κ2) is 7.91. The van der Waals surface area contributed by atoms with E-state index in [-0.39, 0.29) is 11.5 Å². The first-order valence-corrected chi connectivity index (χ1v) is 8.90. The Labute approximate surface area is 151 Å². The van der Waals surface area contributed by atoms with Gasteiger partial charge in [0, 0.05) is 30.4 Å². The number of benzene rings is 1. The van der Waals surface area contributed by atoms with Crippen LogP contribution in [0.2, 0.25) is 0 Å². The molecule has 2 aromatic heterocycles. The van der Waals surface area contributed by atoms with Crippen LogP contribution in [0.25, 0.3) is 22.4 Å². The summed E-state index contributed by atoms with van der Waals surface area (Å²) in [6.07, 6.45) is 3.38. The fourth-order valence-electron chi connectivity index (χ4n) is 2.82. The molecule has 1 aromatic carbocycles. The first-order valence-electron chi connectivity index (χ1n) is 8.90. The van der Waals surface area contributed by atoms with Crippen LogP contribution in [0.3, 0.4) is 0 Å². The minimum atomic E-state index is -0.166. The maximum absolute atomic E-state index is 12.9. The van der Waals surface area contributed by atoms with Crippen molar-refractivity contribution < 1.29 is 4.79 Å². The van der Waals surface area contributed by atoms with Crippen molar-refractivity contribution >= 4 is 17.1 Å². The lowest BCUT2D eigenvalue weighted by atomic mass is 10.1. The summed E-state index contributed by atoms with van der Waals surface area (Å²) in [6.45, 7) is 5.25. The third kappa shape index (κ3) is 3.49. The molecule has 0 unspecified atom stereocenters. The van der Waals surface area contributed by atoms with Crippen molar-refractivity contribution in [2.24, 2.45) is 0 Å². The van der Waals surface area contributed by atoms with Gasteiger partial charge in [-0.15, -0.1) is 0 Å². The van der Waals surface area contributed by atoms with Gasteiger partial charge in [0.1, 0.15) is 11.2 Å². The standard InChI is InChI=1S/C20H22N4O2/c1-3-11-22-19(25)15-9-7-14(8-10-15)17-20(26)24(13-4-2)18-16(23-17)6-5-12-21-18/h5-10,12H,3-4,11,13H2,1-2H3,(H,22,25). The maximum Gasteiger partial charge on any atom is 0.278 e. The predicted molar refractivity (Wildman–Crippen MR) is 102 cm³/mol. The molecule has 0 radical (unpaired) electrons. The van der Waals surface area contributed by atoms with Gasteiger partial charge in [0.05, 0.1) is 0 Å². The molecule has 0 atom stereocenters. The smallest absolute Gasteiger partial charge is 0.278 e. The zero-order chi connectivity index (χ0) is 18.5. The molecule has 0 bridgehead atoms. The number of nitrogens with one attached hydrogen (secondary N) is 1. The van der Waals surface area contributed by atoms with E-state index in [1.54, 1.807) is 41.1 Å². The van der Waals surface area contributed by atoms with E-state index in [1.165, 1.54) is 0 Å². The number of pyridine rings is 1. The van der Waals surface area contributed by atoms with Gasteiger partial charge in [-0.25, -0.2) is 9.97 Å². The number of fused-ring (bicyclic) bond motifs is 1. The second-order valence-electron chi connectivity index (χ2n) is 6.10. The Morgan fingerprint density at radius 3 is 2.58 bits per heavy atom. The van der Waals surface area contributed by atoms with Crippen LogP contribution < -0.4 is 10.9 Å². The molecule has 1 N–H and O–H groups in total. The van der Waals surface area contributed by atoms with Crippen molar-refractivity contribution in [3.63, 3.8) is 0 Å². The van der Waals surface area contributed by atoms with Gasteiger partial charge in [-0.2, -0.15) is 0 Å². The van der Waals surface area contributed by atoms with Crippen LogP contribution in [0.15, 0.2) is 47.4 Å². The largest absolute Gasteiger partial charge is 0.352 e. The average Bonchev–Trinajstić information content (AvgIpc) is 2.68. The number of hydrogen-bond donors (Lipinski definition) is 1. The maximum atomic E-state index is 12.9. The monoisotopic (exact) mass is 350 g/mol. The number of nitrogens with zero attached hydrogens (tertiary/aromatic N) is 3. The lowest BCUT2D eigenvalue weighted by molar-refractivity contribution is 0.0953. The summed E-state index contributed by atoms with van der Waals surface area (Å²) < 4.78 is 1.67. The van der Waals surface area contributed by atoms with Gasteiger partial charge in [-0.05, 0) is 37.1 Å². The van der Waals surface area contributed by atoms with Gasteiger partial charge >= 0.3 is 0 Å². The Hall–Kier alpha value is -3.02. The van der Waals surface area contributed by atoms with Crippen molar-refractivity contribution in [2.75, 3.05) is 6.54 Å². The quantitative estimate of drug-likeness (QED) is 0.741. The Kier molecular flexibility index (Phi) is 5.41. The molecule has 26 heavy (non-hydrogen) atoms. The van der Waals surface area contributed by atoms with Gasteiger partial charge in [0.15, 0.2) is 5.65 Å². The lowest BCUT2D eigenvalue weighted by Crippen LogP contribution is -2.25. The van der Waals surface area contributed by atoms with Crippen LogP contribution in [0.4, 0.5) is 0 Å². The van der Waals surface area contributed by atoms with Crippen LogP contribution in [0.5, 0.6) is 0 Å². The summed E-state index contributed by atoms with van der Waals surface area (Å²) in [5, 5.41) is 2.84. The highest BCUT2D eigenvalue weighted by Gasteiger charge is 2.14. The topological polar surface area (TPSA) is 76.9 Å². The molecular weight excluding hydrogens is 328 g/mol.